The molecule has 2 aromatic rings. The van der Waals surface area contributed by atoms with Gasteiger partial charge in [0.1, 0.15) is 11.6 Å². The molecule has 102 valence electrons. The predicted octanol–water partition coefficient (Wildman–Crippen LogP) is 3.57. The molecule has 4 nitrogen and oxygen atoms in total. The minimum atomic E-state index is 0.256. The fourth-order valence-electron chi connectivity index (χ4n) is 1.89. The van der Waals surface area contributed by atoms with E-state index in [4.69, 9.17) is 5.26 Å². The summed E-state index contributed by atoms with van der Waals surface area (Å²) in [5.74, 6) is 1.89. The van der Waals surface area contributed by atoms with Crippen molar-refractivity contribution in [2.24, 2.45) is 0 Å². The van der Waals surface area contributed by atoms with Crippen LogP contribution in [0, 0.1) is 11.3 Å². The van der Waals surface area contributed by atoms with Gasteiger partial charge in [-0.2, -0.15) is 5.26 Å². The molecule has 1 aromatic carbocycles. The number of nitrogens with zero attached hydrogens (tertiary/aromatic N) is 3. The summed E-state index contributed by atoms with van der Waals surface area (Å²) in [6, 6.07) is 11.6. The van der Waals surface area contributed by atoms with Gasteiger partial charge in [0.15, 0.2) is 0 Å². The first-order valence-corrected chi connectivity index (χ1v) is 6.77. The molecule has 1 aromatic heterocycles. The van der Waals surface area contributed by atoms with E-state index in [1.807, 2.05) is 31.2 Å². The summed E-state index contributed by atoms with van der Waals surface area (Å²) < 4.78 is 0. The van der Waals surface area contributed by atoms with Gasteiger partial charge in [-0.3, -0.25) is 0 Å². The maximum Gasteiger partial charge on any atom is 0.133 e. The fourth-order valence-corrected chi connectivity index (χ4v) is 1.89. The van der Waals surface area contributed by atoms with E-state index in [1.54, 1.807) is 6.07 Å². The van der Waals surface area contributed by atoms with E-state index in [0.717, 1.165) is 29.4 Å². The minimum absolute atomic E-state index is 0.256. The monoisotopic (exact) mass is 266 g/mol. The highest BCUT2D eigenvalue weighted by Crippen LogP contribution is 2.23. The Hall–Kier alpha value is -2.41. The van der Waals surface area contributed by atoms with Crippen LogP contribution in [0.1, 0.15) is 38.1 Å². The average molecular weight is 266 g/mol. The molecule has 0 spiro atoms. The van der Waals surface area contributed by atoms with E-state index < -0.39 is 0 Å². The number of benzene rings is 1. The Morgan fingerprint density at radius 2 is 2.05 bits per heavy atom. The highest BCUT2D eigenvalue weighted by molar-refractivity contribution is 5.64. The summed E-state index contributed by atoms with van der Waals surface area (Å²) in [6.07, 6.45) is 0. The highest BCUT2D eigenvalue weighted by atomic mass is 15.0. The molecule has 20 heavy (non-hydrogen) atoms. The zero-order chi connectivity index (χ0) is 14.5. The second-order valence-corrected chi connectivity index (χ2v) is 4.87. The smallest absolute Gasteiger partial charge is 0.133 e. The molecule has 0 fully saturated rings. The third kappa shape index (κ3) is 3.12. The Labute approximate surface area is 119 Å². The molecule has 0 atom stereocenters. The minimum Gasteiger partial charge on any atom is -0.370 e. The van der Waals surface area contributed by atoms with E-state index in [2.05, 4.69) is 35.2 Å². The van der Waals surface area contributed by atoms with Gasteiger partial charge in [-0.05, 0) is 19.1 Å². The largest absolute Gasteiger partial charge is 0.370 e. The Balaban J connectivity index is 2.51. The summed E-state index contributed by atoms with van der Waals surface area (Å²) in [5.41, 5.74) is 2.42. The van der Waals surface area contributed by atoms with Crippen molar-refractivity contribution >= 4 is 5.82 Å². The van der Waals surface area contributed by atoms with Gasteiger partial charge in [0, 0.05) is 24.1 Å². The Bertz CT molecular complexity index is 641. The van der Waals surface area contributed by atoms with E-state index in [0.29, 0.717) is 5.56 Å². The molecule has 1 N–H and O–H groups in total. The number of anilines is 1. The lowest BCUT2D eigenvalue weighted by Gasteiger charge is -2.11. The molecule has 0 radical (unpaired) electrons. The van der Waals surface area contributed by atoms with Gasteiger partial charge in [-0.1, -0.05) is 26.0 Å². The van der Waals surface area contributed by atoms with Crippen molar-refractivity contribution in [1.29, 1.82) is 5.26 Å². The van der Waals surface area contributed by atoms with Gasteiger partial charge in [0.2, 0.25) is 0 Å². The normalized spacial score (nSPS) is 10.3. The second kappa shape index (κ2) is 6.16. The Morgan fingerprint density at radius 3 is 2.70 bits per heavy atom. The predicted molar refractivity (Wildman–Crippen MR) is 80.4 cm³/mol. The van der Waals surface area contributed by atoms with Crippen LogP contribution < -0.4 is 5.32 Å². The first kappa shape index (κ1) is 14.0. The third-order valence-electron chi connectivity index (χ3n) is 2.91. The number of aromatic nitrogens is 2. The molecule has 0 bridgehead atoms. The number of nitrogens with one attached hydrogen (secondary N) is 1. The van der Waals surface area contributed by atoms with Crippen molar-refractivity contribution in [3.8, 4) is 17.3 Å². The third-order valence-corrected chi connectivity index (χ3v) is 2.91. The first-order valence-electron chi connectivity index (χ1n) is 6.77. The molecule has 0 saturated heterocycles. The lowest BCUT2D eigenvalue weighted by atomic mass is 10.1. The van der Waals surface area contributed by atoms with E-state index in [-0.39, 0.29) is 5.92 Å². The van der Waals surface area contributed by atoms with Crippen LogP contribution in [0.3, 0.4) is 0 Å². The van der Waals surface area contributed by atoms with Gasteiger partial charge in [-0.25, -0.2) is 9.97 Å². The van der Waals surface area contributed by atoms with Crippen LogP contribution >= 0.6 is 0 Å². The SMILES string of the molecule is CCNc1cc(-c2cccc(C#N)c2)nc(C(C)C)n1. The van der Waals surface area contributed by atoms with Gasteiger partial charge in [-0.15, -0.1) is 0 Å². The van der Waals surface area contributed by atoms with Crippen LogP contribution in [0.15, 0.2) is 30.3 Å². The molecular weight excluding hydrogens is 248 g/mol. The molecule has 0 saturated carbocycles. The fraction of sp³-hybridized carbons (Fsp3) is 0.312. The lowest BCUT2D eigenvalue weighted by Crippen LogP contribution is -2.05. The van der Waals surface area contributed by atoms with Crippen molar-refractivity contribution in [3.05, 3.63) is 41.7 Å². The first-order chi connectivity index (χ1) is 9.63. The summed E-state index contributed by atoms with van der Waals surface area (Å²) >= 11 is 0. The van der Waals surface area contributed by atoms with Crippen molar-refractivity contribution in [1.82, 2.24) is 9.97 Å². The van der Waals surface area contributed by atoms with Crippen molar-refractivity contribution in [2.45, 2.75) is 26.7 Å². The van der Waals surface area contributed by atoms with Gasteiger partial charge in [0.25, 0.3) is 0 Å². The molecule has 0 unspecified atom stereocenters. The lowest BCUT2D eigenvalue weighted by molar-refractivity contribution is 0.776. The van der Waals surface area contributed by atoms with Crippen LogP contribution in [0.5, 0.6) is 0 Å². The van der Waals surface area contributed by atoms with Crippen molar-refractivity contribution in [3.63, 3.8) is 0 Å². The van der Waals surface area contributed by atoms with Crippen LogP contribution in [-0.4, -0.2) is 16.5 Å². The highest BCUT2D eigenvalue weighted by Gasteiger charge is 2.09. The zero-order valence-corrected chi connectivity index (χ0v) is 12.0. The molecular formula is C16H18N4. The van der Waals surface area contributed by atoms with Crippen LogP contribution in [-0.2, 0) is 0 Å². The average Bonchev–Trinajstić information content (AvgIpc) is 2.47. The molecule has 2 rings (SSSR count). The zero-order valence-electron chi connectivity index (χ0n) is 12.0. The summed E-state index contributed by atoms with van der Waals surface area (Å²) in [5, 5.41) is 12.2. The maximum atomic E-state index is 9.00. The summed E-state index contributed by atoms with van der Waals surface area (Å²) in [6.45, 7) is 6.99. The topological polar surface area (TPSA) is 61.6 Å². The molecule has 0 aliphatic carbocycles. The Morgan fingerprint density at radius 1 is 1.25 bits per heavy atom. The molecule has 0 amide bonds. The van der Waals surface area contributed by atoms with Gasteiger partial charge in [0.05, 0.1) is 17.3 Å². The Kier molecular flexibility index (Phi) is 4.31. The van der Waals surface area contributed by atoms with E-state index in [9.17, 15) is 0 Å². The second-order valence-electron chi connectivity index (χ2n) is 4.87. The number of rotatable bonds is 4. The van der Waals surface area contributed by atoms with E-state index in [1.165, 1.54) is 0 Å². The van der Waals surface area contributed by atoms with Gasteiger partial charge >= 0.3 is 0 Å². The quantitative estimate of drug-likeness (QED) is 0.919. The molecule has 1 heterocycles. The maximum absolute atomic E-state index is 9.00. The van der Waals surface area contributed by atoms with Gasteiger partial charge < -0.3 is 5.32 Å². The number of hydrogen-bond acceptors (Lipinski definition) is 4. The van der Waals surface area contributed by atoms with Crippen molar-refractivity contribution in [2.75, 3.05) is 11.9 Å². The number of nitriles is 1. The summed E-state index contributed by atoms with van der Waals surface area (Å²) in [7, 11) is 0. The summed E-state index contributed by atoms with van der Waals surface area (Å²) in [4.78, 5) is 9.10. The van der Waals surface area contributed by atoms with Crippen molar-refractivity contribution < 1.29 is 0 Å². The van der Waals surface area contributed by atoms with Crippen LogP contribution in [0.4, 0.5) is 5.82 Å². The molecule has 0 aliphatic heterocycles. The molecule has 0 aliphatic rings. The van der Waals surface area contributed by atoms with Crippen LogP contribution in [0.25, 0.3) is 11.3 Å². The van der Waals surface area contributed by atoms with E-state index >= 15 is 0 Å². The van der Waals surface area contributed by atoms with Crippen LogP contribution in [0.2, 0.25) is 0 Å². The molecule has 4 heteroatoms. The standard InChI is InChI=1S/C16H18N4/c1-4-18-15-9-14(19-16(20-15)11(2)3)13-7-5-6-12(8-13)10-17/h5-9,11H,4H2,1-3H3,(H,18,19,20). The number of hydrogen-bond donors (Lipinski definition) is 1.